The van der Waals surface area contributed by atoms with Crippen molar-refractivity contribution in [3.8, 4) is 0 Å². The van der Waals surface area contributed by atoms with Crippen molar-refractivity contribution in [1.29, 1.82) is 0 Å². The second-order valence-corrected chi connectivity index (χ2v) is 3.61. The Labute approximate surface area is 62.1 Å². The quantitative estimate of drug-likeness (QED) is 0.504. The first-order chi connectivity index (χ1) is 4.76. The van der Waals surface area contributed by atoms with E-state index < -0.39 is 0 Å². The summed E-state index contributed by atoms with van der Waals surface area (Å²) in [5.74, 6) is 0.613. The van der Waals surface area contributed by atoms with Crippen LogP contribution in [-0.2, 0) is 4.74 Å². The van der Waals surface area contributed by atoms with Crippen LogP contribution in [0.3, 0.4) is 0 Å². The minimum atomic E-state index is 0.318. The Morgan fingerprint density at radius 3 is 2.60 bits per heavy atom. The summed E-state index contributed by atoms with van der Waals surface area (Å²) >= 11 is 0. The molecule has 2 fully saturated rings. The predicted molar refractivity (Wildman–Crippen MR) is 40.8 cm³/mol. The maximum absolute atomic E-state index is 5.79. The molecular weight excluding hydrogens is 124 g/mol. The monoisotopic (exact) mass is 138 g/mol. The summed E-state index contributed by atoms with van der Waals surface area (Å²) in [5.41, 5.74) is 0.318. The van der Waals surface area contributed by atoms with E-state index in [9.17, 15) is 0 Å². The van der Waals surface area contributed by atoms with E-state index in [0.717, 1.165) is 0 Å². The third-order valence-corrected chi connectivity index (χ3v) is 2.76. The van der Waals surface area contributed by atoms with Gasteiger partial charge in [-0.2, -0.15) is 0 Å². The van der Waals surface area contributed by atoms with Crippen molar-refractivity contribution in [1.82, 2.24) is 0 Å². The van der Waals surface area contributed by atoms with Gasteiger partial charge < -0.3 is 4.74 Å². The Kier molecular flexibility index (Phi) is 1.19. The molecule has 0 aromatic carbocycles. The first-order valence-corrected chi connectivity index (χ1v) is 4.06. The molecule has 1 heteroatoms. The molecule has 0 aromatic rings. The van der Waals surface area contributed by atoms with Crippen LogP contribution in [0.5, 0.6) is 0 Å². The Morgan fingerprint density at radius 2 is 2.30 bits per heavy atom. The minimum Gasteiger partial charge on any atom is -0.371 e. The van der Waals surface area contributed by atoms with Gasteiger partial charge in [0, 0.05) is 5.92 Å². The van der Waals surface area contributed by atoms with Crippen molar-refractivity contribution in [3.05, 3.63) is 12.7 Å². The summed E-state index contributed by atoms with van der Waals surface area (Å²) in [4.78, 5) is 0. The van der Waals surface area contributed by atoms with Crippen LogP contribution in [0.15, 0.2) is 12.7 Å². The molecule has 1 aliphatic carbocycles. The number of rotatable bonds is 1. The average molecular weight is 138 g/mol. The van der Waals surface area contributed by atoms with Crippen LogP contribution in [0.25, 0.3) is 0 Å². The van der Waals surface area contributed by atoms with E-state index in [-0.39, 0.29) is 0 Å². The first kappa shape index (κ1) is 6.41. The second-order valence-electron chi connectivity index (χ2n) is 3.61. The Bertz CT molecular complexity index is 158. The van der Waals surface area contributed by atoms with Gasteiger partial charge in [-0.3, -0.25) is 0 Å². The highest BCUT2D eigenvalue weighted by molar-refractivity contribution is 5.06. The Morgan fingerprint density at radius 1 is 1.60 bits per heavy atom. The fourth-order valence-corrected chi connectivity index (χ4v) is 1.86. The molecule has 0 amide bonds. The average Bonchev–Trinajstić information content (AvgIpc) is 2.55. The van der Waals surface area contributed by atoms with E-state index >= 15 is 0 Å². The van der Waals surface area contributed by atoms with Gasteiger partial charge in [-0.25, -0.2) is 0 Å². The van der Waals surface area contributed by atoms with Gasteiger partial charge in [0.05, 0.1) is 11.7 Å². The van der Waals surface area contributed by atoms with E-state index in [2.05, 4.69) is 13.5 Å². The molecule has 56 valence electrons. The van der Waals surface area contributed by atoms with Crippen LogP contribution in [-0.4, -0.2) is 11.7 Å². The molecule has 1 saturated carbocycles. The lowest BCUT2D eigenvalue weighted by atomic mass is 10.00. The van der Waals surface area contributed by atoms with Crippen molar-refractivity contribution in [2.75, 3.05) is 0 Å². The molecule has 1 aliphatic heterocycles. The molecule has 2 aliphatic rings. The molecule has 1 heterocycles. The zero-order valence-electron chi connectivity index (χ0n) is 6.47. The van der Waals surface area contributed by atoms with Gasteiger partial charge >= 0.3 is 0 Å². The molecule has 0 aromatic heterocycles. The summed E-state index contributed by atoms with van der Waals surface area (Å²) in [5, 5.41) is 0. The Balaban J connectivity index is 2.07. The molecule has 2 unspecified atom stereocenters. The summed E-state index contributed by atoms with van der Waals surface area (Å²) < 4.78 is 5.79. The largest absolute Gasteiger partial charge is 0.371 e. The van der Waals surface area contributed by atoms with Crippen LogP contribution >= 0.6 is 0 Å². The van der Waals surface area contributed by atoms with Crippen LogP contribution in [0.1, 0.15) is 26.2 Å². The van der Waals surface area contributed by atoms with E-state index in [4.69, 9.17) is 4.74 Å². The van der Waals surface area contributed by atoms with Crippen LogP contribution in [0.2, 0.25) is 0 Å². The maximum Gasteiger partial charge on any atom is 0.0695 e. The number of ether oxygens (including phenoxy) is 1. The van der Waals surface area contributed by atoms with E-state index in [1.807, 2.05) is 6.08 Å². The van der Waals surface area contributed by atoms with Gasteiger partial charge in [0.2, 0.25) is 0 Å². The minimum absolute atomic E-state index is 0.318. The molecule has 0 radical (unpaired) electrons. The van der Waals surface area contributed by atoms with Gasteiger partial charge in [-0.15, -0.1) is 6.58 Å². The molecule has 0 bridgehead atoms. The van der Waals surface area contributed by atoms with Gasteiger partial charge in [0.1, 0.15) is 0 Å². The molecular formula is C9H14O. The summed E-state index contributed by atoms with van der Waals surface area (Å²) in [7, 11) is 0. The first-order valence-electron chi connectivity index (χ1n) is 4.06. The highest BCUT2D eigenvalue weighted by Gasteiger charge is 2.52. The van der Waals surface area contributed by atoms with E-state index in [1.165, 1.54) is 19.3 Å². The molecule has 10 heavy (non-hydrogen) atoms. The van der Waals surface area contributed by atoms with Crippen LogP contribution < -0.4 is 0 Å². The zero-order valence-corrected chi connectivity index (χ0v) is 6.47. The van der Waals surface area contributed by atoms with Crippen molar-refractivity contribution < 1.29 is 4.74 Å². The van der Waals surface area contributed by atoms with E-state index in [0.29, 0.717) is 17.6 Å². The molecule has 2 atom stereocenters. The lowest BCUT2D eigenvalue weighted by Crippen LogP contribution is -2.09. The number of hydrogen-bond acceptors (Lipinski definition) is 1. The van der Waals surface area contributed by atoms with Gasteiger partial charge in [-0.1, -0.05) is 6.08 Å². The second kappa shape index (κ2) is 1.85. The number of hydrogen-bond donors (Lipinski definition) is 0. The SMILES string of the molecule is C=CC1CC2(CC2)OC1C. The highest BCUT2D eigenvalue weighted by atomic mass is 16.5. The third-order valence-electron chi connectivity index (χ3n) is 2.76. The highest BCUT2D eigenvalue weighted by Crippen LogP contribution is 2.51. The molecule has 2 rings (SSSR count). The van der Waals surface area contributed by atoms with Gasteiger partial charge in [0.15, 0.2) is 0 Å². The third kappa shape index (κ3) is 0.807. The van der Waals surface area contributed by atoms with Gasteiger partial charge in [-0.05, 0) is 26.2 Å². The molecule has 1 saturated heterocycles. The van der Waals surface area contributed by atoms with Crippen molar-refractivity contribution in [2.45, 2.75) is 37.9 Å². The fourth-order valence-electron chi connectivity index (χ4n) is 1.86. The maximum atomic E-state index is 5.79. The van der Waals surface area contributed by atoms with Crippen LogP contribution in [0.4, 0.5) is 0 Å². The normalized spacial score (nSPS) is 42.1. The molecule has 0 N–H and O–H groups in total. The van der Waals surface area contributed by atoms with Crippen LogP contribution in [0, 0.1) is 5.92 Å². The van der Waals surface area contributed by atoms with Crippen molar-refractivity contribution in [3.63, 3.8) is 0 Å². The van der Waals surface area contributed by atoms with Crippen molar-refractivity contribution in [2.24, 2.45) is 5.92 Å². The van der Waals surface area contributed by atoms with Crippen molar-refractivity contribution >= 4 is 0 Å². The summed E-state index contributed by atoms with van der Waals surface area (Å²) in [6, 6.07) is 0. The smallest absolute Gasteiger partial charge is 0.0695 e. The standard InChI is InChI=1S/C9H14O/c1-3-8-6-9(4-5-9)10-7(8)2/h3,7-8H,1,4-6H2,2H3. The summed E-state index contributed by atoms with van der Waals surface area (Å²) in [6.07, 6.45) is 6.23. The van der Waals surface area contributed by atoms with Gasteiger partial charge in [0.25, 0.3) is 0 Å². The fraction of sp³-hybridized carbons (Fsp3) is 0.778. The van der Waals surface area contributed by atoms with E-state index in [1.54, 1.807) is 0 Å². The lowest BCUT2D eigenvalue weighted by molar-refractivity contribution is 0.0334. The zero-order chi connectivity index (χ0) is 7.19. The Hall–Kier alpha value is -0.300. The molecule has 1 spiro atoms. The molecule has 1 nitrogen and oxygen atoms in total. The topological polar surface area (TPSA) is 9.23 Å². The predicted octanol–water partition coefficient (Wildman–Crippen LogP) is 2.13. The summed E-state index contributed by atoms with van der Waals surface area (Å²) in [6.45, 7) is 5.96. The lowest BCUT2D eigenvalue weighted by Gasteiger charge is -2.07.